The number of anilines is 1. The molecule has 3 nitrogen and oxygen atoms in total. The lowest BCUT2D eigenvalue weighted by molar-refractivity contribution is -0.140. The van der Waals surface area contributed by atoms with Gasteiger partial charge in [0.05, 0.1) is 11.0 Å². The Morgan fingerprint density at radius 3 is 2.46 bits per heavy atom. The molecule has 26 heavy (non-hydrogen) atoms. The van der Waals surface area contributed by atoms with E-state index in [1.807, 2.05) is 0 Å². The third kappa shape index (κ3) is 2.54. The lowest BCUT2D eigenvalue weighted by Crippen LogP contribution is -2.51. The first-order valence-electron chi connectivity index (χ1n) is 10.5. The predicted molar refractivity (Wildman–Crippen MR) is 104 cm³/mol. The molecule has 5 aliphatic carbocycles. The van der Waals surface area contributed by atoms with E-state index in [0.717, 1.165) is 66.3 Å². The van der Waals surface area contributed by atoms with Crippen LogP contribution < -0.4 is 5.32 Å². The van der Waals surface area contributed by atoms with Crippen molar-refractivity contribution in [2.75, 3.05) is 5.32 Å². The molecule has 1 N–H and O–H groups in total. The van der Waals surface area contributed by atoms with Gasteiger partial charge in [0.2, 0.25) is 5.91 Å². The van der Waals surface area contributed by atoms with E-state index in [-0.39, 0.29) is 11.3 Å². The second kappa shape index (κ2) is 6.09. The van der Waals surface area contributed by atoms with E-state index in [0.29, 0.717) is 0 Å². The monoisotopic (exact) mass is 368 g/mol. The summed E-state index contributed by atoms with van der Waals surface area (Å²) in [5.41, 5.74) is 1.85. The number of amides is 1. The van der Waals surface area contributed by atoms with Crippen molar-refractivity contribution in [1.82, 2.24) is 0 Å². The van der Waals surface area contributed by atoms with E-state index in [1.165, 1.54) is 42.5 Å². The van der Waals surface area contributed by atoms with Gasteiger partial charge < -0.3 is 5.32 Å². The number of hydrogen-bond donors (Lipinski definition) is 1. The van der Waals surface area contributed by atoms with Crippen LogP contribution in [0.2, 0.25) is 0 Å². The van der Waals surface area contributed by atoms with Crippen molar-refractivity contribution >= 4 is 22.2 Å². The Balaban J connectivity index is 1.41. The molecule has 1 heterocycles. The summed E-state index contributed by atoms with van der Waals surface area (Å²) in [5.74, 6) is 3.26. The number of rotatable bonds is 3. The van der Waals surface area contributed by atoms with Crippen LogP contribution in [0.3, 0.4) is 0 Å². The third-order valence-corrected chi connectivity index (χ3v) is 8.97. The molecule has 1 amide bonds. The quantitative estimate of drug-likeness (QED) is 0.788. The molecular weight excluding hydrogens is 340 g/mol. The van der Waals surface area contributed by atoms with Crippen LogP contribution in [0.5, 0.6) is 0 Å². The number of carbonyl (C=O) groups excluding carboxylic acids is 1. The topological polar surface area (TPSA) is 52.9 Å². The average molecular weight is 369 g/mol. The van der Waals surface area contributed by atoms with E-state index < -0.39 is 0 Å². The van der Waals surface area contributed by atoms with Crippen LogP contribution >= 0.6 is 11.3 Å². The number of nitrogens with zero attached hydrogens (tertiary/aromatic N) is 1. The average Bonchev–Trinajstić information content (AvgIpc) is 2.96. The predicted octanol–water partition coefficient (Wildman–Crippen LogP) is 5.29. The smallest absolute Gasteiger partial charge is 0.231 e. The lowest BCUT2D eigenvalue weighted by Gasteiger charge is -2.55. The Morgan fingerprint density at radius 2 is 1.88 bits per heavy atom. The SMILES string of the molecule is CCC1CCc2c(sc(NC(=O)C34CC5CC(CC(C5)C3)C4)c2C#N)C1. The fraction of sp³-hybridized carbons (Fsp3) is 0.727. The van der Waals surface area contributed by atoms with Crippen molar-refractivity contribution in [2.45, 2.75) is 71.1 Å². The highest BCUT2D eigenvalue weighted by Gasteiger charge is 2.54. The zero-order valence-corrected chi connectivity index (χ0v) is 16.5. The highest BCUT2D eigenvalue weighted by Crippen LogP contribution is 2.60. The molecule has 4 fully saturated rings. The van der Waals surface area contributed by atoms with Crippen LogP contribution in [0.1, 0.15) is 74.3 Å². The van der Waals surface area contributed by atoms with E-state index in [9.17, 15) is 10.1 Å². The van der Waals surface area contributed by atoms with Crippen LogP contribution in [0.4, 0.5) is 5.00 Å². The van der Waals surface area contributed by atoms with Gasteiger partial charge in [0.25, 0.3) is 0 Å². The van der Waals surface area contributed by atoms with E-state index in [1.54, 1.807) is 11.3 Å². The molecule has 5 aliphatic rings. The summed E-state index contributed by atoms with van der Waals surface area (Å²) in [7, 11) is 0. The van der Waals surface area contributed by atoms with Crippen LogP contribution in [-0.2, 0) is 17.6 Å². The van der Waals surface area contributed by atoms with Crippen molar-refractivity contribution in [2.24, 2.45) is 29.1 Å². The molecule has 1 aromatic rings. The first-order chi connectivity index (χ1) is 12.6. The summed E-state index contributed by atoms with van der Waals surface area (Å²) in [6.07, 6.45) is 11.7. The Kier molecular flexibility index (Phi) is 3.94. The van der Waals surface area contributed by atoms with Gasteiger partial charge in [0.1, 0.15) is 11.1 Å². The minimum Gasteiger partial charge on any atom is -0.316 e. The van der Waals surface area contributed by atoms with Gasteiger partial charge in [0, 0.05) is 4.88 Å². The largest absolute Gasteiger partial charge is 0.316 e. The van der Waals surface area contributed by atoms with Crippen molar-refractivity contribution in [3.05, 3.63) is 16.0 Å². The number of fused-ring (bicyclic) bond motifs is 1. The van der Waals surface area contributed by atoms with Gasteiger partial charge in [-0.15, -0.1) is 11.3 Å². The minimum atomic E-state index is -0.141. The maximum Gasteiger partial charge on any atom is 0.231 e. The van der Waals surface area contributed by atoms with Gasteiger partial charge in [0.15, 0.2) is 0 Å². The number of nitriles is 1. The van der Waals surface area contributed by atoms with Gasteiger partial charge in [-0.2, -0.15) is 5.26 Å². The molecule has 0 aliphatic heterocycles. The molecule has 1 aromatic heterocycles. The fourth-order valence-electron chi connectivity index (χ4n) is 6.83. The number of carbonyl (C=O) groups is 1. The Hall–Kier alpha value is -1.34. The van der Waals surface area contributed by atoms with E-state index in [4.69, 9.17) is 0 Å². The Labute approximate surface area is 160 Å². The van der Waals surface area contributed by atoms with Gasteiger partial charge in [-0.25, -0.2) is 0 Å². The first kappa shape index (κ1) is 16.8. The molecule has 0 saturated heterocycles. The van der Waals surface area contributed by atoms with Crippen molar-refractivity contribution in [1.29, 1.82) is 5.26 Å². The standard InChI is InChI=1S/C22H28N2OS/c1-2-13-3-4-17-18(12-23)20(26-19(17)8-13)24-21(25)22-9-14-5-15(10-22)7-16(6-14)11-22/h13-16H,2-11H2,1H3,(H,24,25). The summed E-state index contributed by atoms with van der Waals surface area (Å²) < 4.78 is 0. The second-order valence-corrected chi connectivity index (χ2v) is 10.6. The van der Waals surface area contributed by atoms with Gasteiger partial charge >= 0.3 is 0 Å². The van der Waals surface area contributed by atoms with Crippen LogP contribution in [0.15, 0.2) is 0 Å². The molecule has 138 valence electrons. The fourth-order valence-corrected chi connectivity index (χ4v) is 8.14. The molecule has 0 aromatic carbocycles. The number of thiophene rings is 1. The molecule has 4 heteroatoms. The number of nitrogens with one attached hydrogen (secondary N) is 1. The highest BCUT2D eigenvalue weighted by molar-refractivity contribution is 7.16. The Morgan fingerprint density at radius 1 is 1.23 bits per heavy atom. The molecule has 1 unspecified atom stereocenters. The first-order valence-corrected chi connectivity index (χ1v) is 11.3. The van der Waals surface area contributed by atoms with Crippen molar-refractivity contribution in [3.63, 3.8) is 0 Å². The Bertz CT molecular complexity index is 752. The summed E-state index contributed by atoms with van der Waals surface area (Å²) in [6, 6.07) is 2.41. The zero-order valence-electron chi connectivity index (χ0n) is 15.6. The van der Waals surface area contributed by atoms with Crippen molar-refractivity contribution < 1.29 is 4.79 Å². The maximum atomic E-state index is 13.4. The molecule has 4 saturated carbocycles. The zero-order chi connectivity index (χ0) is 17.9. The molecule has 6 rings (SSSR count). The summed E-state index contributed by atoms with van der Waals surface area (Å²) >= 11 is 1.68. The van der Waals surface area contributed by atoms with Crippen LogP contribution in [0, 0.1) is 40.4 Å². The van der Waals surface area contributed by atoms with Gasteiger partial charge in [-0.3, -0.25) is 4.79 Å². The molecular formula is C22H28N2OS. The molecule has 0 spiro atoms. The summed E-state index contributed by atoms with van der Waals surface area (Å²) in [4.78, 5) is 14.7. The summed E-state index contributed by atoms with van der Waals surface area (Å²) in [6.45, 7) is 2.25. The molecule has 1 atom stereocenters. The van der Waals surface area contributed by atoms with Gasteiger partial charge in [-0.1, -0.05) is 13.3 Å². The van der Waals surface area contributed by atoms with Crippen LogP contribution in [-0.4, -0.2) is 5.91 Å². The normalized spacial score (nSPS) is 37.2. The summed E-state index contributed by atoms with van der Waals surface area (Å²) in [5, 5.41) is 13.8. The van der Waals surface area contributed by atoms with Crippen LogP contribution in [0.25, 0.3) is 0 Å². The number of hydrogen-bond acceptors (Lipinski definition) is 3. The van der Waals surface area contributed by atoms with E-state index >= 15 is 0 Å². The van der Waals surface area contributed by atoms with Gasteiger partial charge in [-0.05, 0) is 87.0 Å². The maximum absolute atomic E-state index is 13.4. The second-order valence-electron chi connectivity index (χ2n) is 9.49. The van der Waals surface area contributed by atoms with Crippen molar-refractivity contribution in [3.8, 4) is 6.07 Å². The van der Waals surface area contributed by atoms with E-state index in [2.05, 4.69) is 18.3 Å². The minimum absolute atomic E-state index is 0.141. The lowest BCUT2D eigenvalue weighted by atomic mass is 9.49. The molecule has 0 radical (unpaired) electrons. The molecule has 4 bridgehead atoms. The highest BCUT2D eigenvalue weighted by atomic mass is 32.1. The third-order valence-electron chi connectivity index (χ3n) is 7.80.